The van der Waals surface area contributed by atoms with E-state index >= 15 is 0 Å². The first-order valence-electron chi connectivity index (χ1n) is 10.3. The van der Waals surface area contributed by atoms with Crippen molar-refractivity contribution in [1.29, 1.82) is 0 Å². The second kappa shape index (κ2) is 8.22. The summed E-state index contributed by atoms with van der Waals surface area (Å²) in [5.74, 6) is -0.477. The molecule has 0 fully saturated rings. The summed E-state index contributed by atoms with van der Waals surface area (Å²) in [5.41, 5.74) is 1.20. The molecule has 3 rings (SSSR count). The Labute approximate surface area is 176 Å². The fourth-order valence-corrected chi connectivity index (χ4v) is 3.49. The molecule has 2 amide bonds. The molecule has 1 atom stereocenters. The van der Waals surface area contributed by atoms with Crippen LogP contribution in [0.25, 0.3) is 5.65 Å². The van der Waals surface area contributed by atoms with Crippen LogP contribution in [0.1, 0.15) is 62.8 Å². The molecule has 164 valence electrons. The molecule has 3 heterocycles. The molecule has 0 aliphatic carbocycles. The van der Waals surface area contributed by atoms with Crippen LogP contribution < -0.4 is 10.9 Å². The predicted octanol–water partition coefficient (Wildman–Crippen LogP) is 1.31. The lowest BCUT2D eigenvalue weighted by molar-refractivity contribution is -0.122. The average molecular weight is 418 g/mol. The zero-order chi connectivity index (χ0) is 22.2. The van der Waals surface area contributed by atoms with Gasteiger partial charge in [0.05, 0.1) is 24.4 Å². The SMILES string of the molecule is CC[C@H](C)NC(=O)Cn1c2c(c(=O)n3nc(C(C)(C)C)cc13)CN(CCOC)C2=O. The van der Waals surface area contributed by atoms with Crippen LogP contribution in [-0.4, -0.2) is 57.2 Å². The Morgan fingerprint density at radius 3 is 2.63 bits per heavy atom. The highest BCUT2D eigenvalue weighted by Crippen LogP contribution is 2.26. The molecule has 1 aliphatic heterocycles. The number of rotatable bonds is 7. The molecule has 0 unspecified atom stereocenters. The number of nitrogens with one attached hydrogen (secondary N) is 1. The average Bonchev–Trinajstić information content (AvgIpc) is 3.26. The third kappa shape index (κ3) is 3.98. The van der Waals surface area contributed by atoms with Gasteiger partial charge in [-0.05, 0) is 13.3 Å². The van der Waals surface area contributed by atoms with E-state index in [0.29, 0.717) is 24.4 Å². The second-order valence-corrected chi connectivity index (χ2v) is 8.86. The summed E-state index contributed by atoms with van der Waals surface area (Å²) in [7, 11) is 1.56. The summed E-state index contributed by atoms with van der Waals surface area (Å²) in [5, 5.41) is 7.45. The van der Waals surface area contributed by atoms with Gasteiger partial charge in [-0.25, -0.2) is 0 Å². The Morgan fingerprint density at radius 2 is 2.03 bits per heavy atom. The zero-order valence-electron chi connectivity index (χ0n) is 18.6. The van der Waals surface area contributed by atoms with Gasteiger partial charge in [-0.1, -0.05) is 27.7 Å². The summed E-state index contributed by atoms with van der Waals surface area (Å²) >= 11 is 0. The van der Waals surface area contributed by atoms with Crippen molar-refractivity contribution in [1.82, 2.24) is 24.4 Å². The molecule has 1 N–H and O–H groups in total. The minimum atomic E-state index is -0.317. The van der Waals surface area contributed by atoms with Crippen molar-refractivity contribution in [3.05, 3.63) is 33.4 Å². The molecule has 1 aliphatic rings. The Kier molecular flexibility index (Phi) is 6.03. The fraction of sp³-hybridized carbons (Fsp3) is 0.619. The van der Waals surface area contributed by atoms with Gasteiger partial charge in [0.1, 0.15) is 17.9 Å². The first kappa shape index (κ1) is 22.0. The number of hydrogen-bond acceptors (Lipinski definition) is 5. The van der Waals surface area contributed by atoms with Crippen molar-refractivity contribution >= 4 is 17.5 Å². The molecule has 0 radical (unpaired) electrons. The quantitative estimate of drug-likeness (QED) is 0.733. The number of fused-ring (bicyclic) bond motifs is 2. The highest BCUT2D eigenvalue weighted by atomic mass is 16.5. The lowest BCUT2D eigenvalue weighted by Gasteiger charge is -2.17. The number of hydrogen-bond donors (Lipinski definition) is 1. The molecule has 30 heavy (non-hydrogen) atoms. The van der Waals surface area contributed by atoms with Gasteiger partial charge in [0, 0.05) is 31.2 Å². The Morgan fingerprint density at radius 1 is 1.33 bits per heavy atom. The maximum absolute atomic E-state index is 13.2. The number of nitrogens with zero attached hydrogens (tertiary/aromatic N) is 4. The second-order valence-electron chi connectivity index (χ2n) is 8.86. The Hall–Kier alpha value is -2.68. The number of aromatic nitrogens is 3. The van der Waals surface area contributed by atoms with Gasteiger partial charge in [0.2, 0.25) is 5.91 Å². The highest BCUT2D eigenvalue weighted by Gasteiger charge is 2.35. The number of methoxy groups -OCH3 is 1. The molecule has 9 heteroatoms. The van der Waals surface area contributed by atoms with Gasteiger partial charge in [-0.15, -0.1) is 0 Å². The van der Waals surface area contributed by atoms with E-state index in [2.05, 4.69) is 10.4 Å². The molecule has 2 aromatic rings. The smallest absolute Gasteiger partial charge is 0.280 e. The molecular weight excluding hydrogens is 386 g/mol. The highest BCUT2D eigenvalue weighted by molar-refractivity contribution is 5.97. The van der Waals surface area contributed by atoms with E-state index in [1.165, 1.54) is 4.52 Å². The van der Waals surface area contributed by atoms with Crippen molar-refractivity contribution in [3.63, 3.8) is 0 Å². The van der Waals surface area contributed by atoms with E-state index in [0.717, 1.165) is 12.1 Å². The van der Waals surface area contributed by atoms with Crippen molar-refractivity contribution in [2.75, 3.05) is 20.3 Å². The molecule has 2 aromatic heterocycles. The number of carbonyl (C=O) groups excluding carboxylic acids is 2. The summed E-state index contributed by atoms with van der Waals surface area (Å²) in [6.45, 7) is 10.8. The maximum Gasteiger partial charge on any atom is 0.280 e. The van der Waals surface area contributed by atoms with Crippen LogP contribution in [-0.2, 0) is 28.0 Å². The van der Waals surface area contributed by atoms with E-state index in [4.69, 9.17) is 4.74 Å². The molecule has 0 saturated carbocycles. The van der Waals surface area contributed by atoms with Gasteiger partial charge < -0.3 is 19.5 Å². The predicted molar refractivity (Wildman–Crippen MR) is 113 cm³/mol. The van der Waals surface area contributed by atoms with E-state index in [-0.39, 0.29) is 47.6 Å². The van der Waals surface area contributed by atoms with Gasteiger partial charge in [0.25, 0.3) is 11.5 Å². The molecule has 0 bridgehead atoms. The Balaban J connectivity index is 2.16. The minimum Gasteiger partial charge on any atom is -0.383 e. The summed E-state index contributed by atoms with van der Waals surface area (Å²) in [4.78, 5) is 40.6. The summed E-state index contributed by atoms with van der Waals surface area (Å²) in [6, 6.07) is 1.81. The topological polar surface area (TPSA) is 97.9 Å². The van der Waals surface area contributed by atoms with Gasteiger partial charge in [-0.3, -0.25) is 14.4 Å². The normalized spacial score (nSPS) is 15.0. The lowest BCUT2D eigenvalue weighted by Crippen LogP contribution is -2.37. The minimum absolute atomic E-state index is 0.0184. The third-order valence-corrected chi connectivity index (χ3v) is 5.47. The van der Waals surface area contributed by atoms with E-state index < -0.39 is 0 Å². The van der Waals surface area contributed by atoms with Gasteiger partial charge in [0.15, 0.2) is 0 Å². The van der Waals surface area contributed by atoms with Crippen LogP contribution in [0.4, 0.5) is 0 Å². The van der Waals surface area contributed by atoms with Crippen LogP contribution in [0.15, 0.2) is 10.9 Å². The standard InChI is InChI=1S/C21H31N5O4/c1-7-13(2)22-16(27)12-25-17-10-15(21(3,4)5)23-26(17)19(28)14-11-24(8-9-30-6)20(29)18(14)25/h10,13H,7-9,11-12H2,1-6H3,(H,22,27)/t13-/m0/s1. The van der Waals surface area contributed by atoms with E-state index in [9.17, 15) is 14.4 Å². The van der Waals surface area contributed by atoms with E-state index in [1.54, 1.807) is 22.6 Å². The fourth-order valence-electron chi connectivity index (χ4n) is 3.49. The summed E-state index contributed by atoms with van der Waals surface area (Å²) < 4.78 is 8.04. The monoisotopic (exact) mass is 417 g/mol. The Bertz CT molecular complexity index is 1030. The third-order valence-electron chi connectivity index (χ3n) is 5.47. The van der Waals surface area contributed by atoms with E-state index in [1.807, 2.05) is 34.6 Å². The maximum atomic E-state index is 13.2. The molecule has 9 nitrogen and oxygen atoms in total. The first-order valence-corrected chi connectivity index (χ1v) is 10.3. The van der Waals surface area contributed by atoms with Crippen molar-refractivity contribution in [3.8, 4) is 0 Å². The van der Waals surface area contributed by atoms with Crippen LogP contribution >= 0.6 is 0 Å². The first-order chi connectivity index (χ1) is 14.1. The van der Waals surface area contributed by atoms with Crippen LogP contribution in [0.5, 0.6) is 0 Å². The lowest BCUT2D eigenvalue weighted by atomic mass is 9.93. The number of ether oxygens (including phenoxy) is 1. The number of amides is 2. The largest absolute Gasteiger partial charge is 0.383 e. The van der Waals surface area contributed by atoms with Crippen molar-refractivity contribution in [2.45, 2.75) is 65.6 Å². The van der Waals surface area contributed by atoms with Crippen LogP contribution in [0.2, 0.25) is 0 Å². The molecule has 0 spiro atoms. The molecule has 0 aromatic carbocycles. The summed E-state index contributed by atoms with van der Waals surface area (Å²) in [6.07, 6.45) is 0.800. The van der Waals surface area contributed by atoms with Crippen molar-refractivity contribution in [2.24, 2.45) is 0 Å². The van der Waals surface area contributed by atoms with Gasteiger partial charge >= 0.3 is 0 Å². The number of carbonyl (C=O) groups is 2. The molecular formula is C21H31N5O4. The van der Waals surface area contributed by atoms with Gasteiger partial charge in [-0.2, -0.15) is 9.61 Å². The van der Waals surface area contributed by atoms with Crippen LogP contribution in [0.3, 0.4) is 0 Å². The van der Waals surface area contributed by atoms with Crippen molar-refractivity contribution < 1.29 is 14.3 Å². The van der Waals surface area contributed by atoms with Crippen LogP contribution in [0, 0.1) is 0 Å². The molecule has 0 saturated heterocycles. The zero-order valence-corrected chi connectivity index (χ0v) is 18.6.